The van der Waals surface area contributed by atoms with Crippen LogP contribution in [0.1, 0.15) is 73.1 Å². The highest BCUT2D eigenvalue weighted by Crippen LogP contribution is 2.66. The van der Waals surface area contributed by atoms with Gasteiger partial charge in [0, 0.05) is 5.41 Å². The lowest BCUT2D eigenvalue weighted by molar-refractivity contribution is -0.210. The third-order valence-electron chi connectivity index (χ3n) is 7.63. The molecule has 0 radical (unpaired) electrons. The molecule has 136 valence electrons. The van der Waals surface area contributed by atoms with E-state index in [1.54, 1.807) is 0 Å². The van der Waals surface area contributed by atoms with Gasteiger partial charge < -0.3 is 14.9 Å². The molecule has 0 aromatic carbocycles. The Bertz CT molecular complexity index is 580. The first-order chi connectivity index (χ1) is 11.0. The van der Waals surface area contributed by atoms with Gasteiger partial charge in [-0.25, -0.2) is 0 Å². The van der Waals surface area contributed by atoms with Crippen molar-refractivity contribution in [1.29, 1.82) is 0 Å². The van der Waals surface area contributed by atoms with E-state index in [4.69, 9.17) is 4.74 Å². The van der Waals surface area contributed by atoms with Crippen LogP contribution in [-0.2, 0) is 9.53 Å². The number of fused-ring (bicyclic) bond motifs is 2. The summed E-state index contributed by atoms with van der Waals surface area (Å²) in [5.74, 6) is -0.460. The van der Waals surface area contributed by atoms with Crippen molar-refractivity contribution in [3.63, 3.8) is 0 Å². The molecule has 1 saturated heterocycles. The standard InChI is InChI=1S/C20H32O4/c1-13-6-7-14-17(2,3)15(21)8-9-19(14,5)20(13)11-10-18(4,24-20)12-16(22)23/h6,14-15,21H,7-12H2,1-5H3,(H,22,23)/t14-,15+,18+,19+,20-/m1/s1. The molecule has 1 heterocycles. The second-order valence-electron chi connectivity index (χ2n) is 9.42. The molecule has 4 heteroatoms. The maximum atomic E-state index is 11.3. The van der Waals surface area contributed by atoms with Crippen molar-refractivity contribution >= 4 is 5.97 Å². The highest BCUT2D eigenvalue weighted by atomic mass is 16.5. The van der Waals surface area contributed by atoms with Gasteiger partial charge in [0.15, 0.2) is 0 Å². The molecule has 4 nitrogen and oxygen atoms in total. The molecule has 1 aliphatic heterocycles. The van der Waals surface area contributed by atoms with E-state index in [0.29, 0.717) is 5.92 Å². The molecule has 0 amide bonds. The Kier molecular flexibility index (Phi) is 3.97. The van der Waals surface area contributed by atoms with Gasteiger partial charge in [-0.2, -0.15) is 0 Å². The van der Waals surface area contributed by atoms with Crippen LogP contribution in [0, 0.1) is 16.7 Å². The fourth-order valence-corrected chi connectivity index (χ4v) is 6.08. The van der Waals surface area contributed by atoms with E-state index < -0.39 is 17.2 Å². The predicted octanol–water partition coefficient (Wildman–Crippen LogP) is 3.92. The largest absolute Gasteiger partial charge is 0.481 e. The van der Waals surface area contributed by atoms with E-state index in [9.17, 15) is 15.0 Å². The van der Waals surface area contributed by atoms with Crippen LogP contribution in [0.4, 0.5) is 0 Å². The number of aliphatic hydroxyl groups excluding tert-OH is 1. The van der Waals surface area contributed by atoms with E-state index in [-0.39, 0.29) is 23.4 Å². The van der Waals surface area contributed by atoms with Gasteiger partial charge in [-0.05, 0) is 62.9 Å². The van der Waals surface area contributed by atoms with Gasteiger partial charge in [0.05, 0.1) is 23.7 Å². The molecular weight excluding hydrogens is 304 g/mol. The van der Waals surface area contributed by atoms with Crippen molar-refractivity contribution in [2.24, 2.45) is 16.7 Å². The fourth-order valence-electron chi connectivity index (χ4n) is 6.08. The van der Waals surface area contributed by atoms with E-state index in [2.05, 4.69) is 33.8 Å². The van der Waals surface area contributed by atoms with Crippen LogP contribution in [-0.4, -0.2) is 33.5 Å². The molecular formula is C20H32O4. The summed E-state index contributed by atoms with van der Waals surface area (Å²) in [7, 11) is 0. The summed E-state index contributed by atoms with van der Waals surface area (Å²) in [5.41, 5.74) is 0.0309. The lowest BCUT2D eigenvalue weighted by Gasteiger charge is -2.62. The van der Waals surface area contributed by atoms with Gasteiger partial charge in [0.2, 0.25) is 0 Å². The number of aliphatic hydroxyl groups is 1. The summed E-state index contributed by atoms with van der Waals surface area (Å²) in [4.78, 5) is 11.3. The van der Waals surface area contributed by atoms with E-state index in [1.807, 2.05) is 6.92 Å². The SMILES string of the molecule is CC1=CC[C@@H]2C(C)(C)[C@@H](O)CC[C@]2(C)[C@@]12CC[C@@](C)(CC(=O)O)O2. The summed E-state index contributed by atoms with van der Waals surface area (Å²) in [5, 5.41) is 19.8. The first kappa shape index (κ1) is 17.9. The van der Waals surface area contributed by atoms with Crippen molar-refractivity contribution in [1.82, 2.24) is 0 Å². The van der Waals surface area contributed by atoms with Crippen molar-refractivity contribution in [3.8, 4) is 0 Å². The van der Waals surface area contributed by atoms with Crippen molar-refractivity contribution in [2.45, 2.75) is 90.4 Å². The smallest absolute Gasteiger partial charge is 0.306 e. The minimum atomic E-state index is -0.798. The Morgan fingerprint density at radius 1 is 1.25 bits per heavy atom. The highest BCUT2D eigenvalue weighted by Gasteiger charge is 2.65. The normalized spacial score (nSPS) is 47.3. The number of ether oxygens (including phenoxy) is 1. The Morgan fingerprint density at radius 2 is 1.92 bits per heavy atom. The molecule has 0 bridgehead atoms. The number of rotatable bonds is 2. The molecule has 2 N–H and O–H groups in total. The van der Waals surface area contributed by atoms with Gasteiger partial charge >= 0.3 is 5.97 Å². The zero-order valence-corrected chi connectivity index (χ0v) is 15.7. The first-order valence-corrected chi connectivity index (χ1v) is 9.24. The van der Waals surface area contributed by atoms with Crippen LogP contribution in [0.3, 0.4) is 0 Å². The first-order valence-electron chi connectivity index (χ1n) is 9.24. The lowest BCUT2D eigenvalue weighted by atomic mass is 9.46. The number of carboxylic acid groups (broad SMARTS) is 1. The minimum Gasteiger partial charge on any atom is -0.481 e. The van der Waals surface area contributed by atoms with Gasteiger partial charge in [-0.1, -0.05) is 26.8 Å². The van der Waals surface area contributed by atoms with Gasteiger partial charge in [0.25, 0.3) is 0 Å². The molecule has 2 aliphatic carbocycles. The van der Waals surface area contributed by atoms with E-state index in [0.717, 1.165) is 32.1 Å². The Hall–Kier alpha value is -0.870. The van der Waals surface area contributed by atoms with E-state index >= 15 is 0 Å². The lowest BCUT2D eigenvalue weighted by Crippen LogP contribution is -2.62. The number of aliphatic carboxylic acids is 1. The third-order valence-corrected chi connectivity index (χ3v) is 7.63. The minimum absolute atomic E-state index is 0.0504. The molecule has 1 saturated carbocycles. The molecule has 1 spiro atoms. The summed E-state index contributed by atoms with van der Waals surface area (Å²) in [6.07, 6.45) is 6.37. The zero-order valence-electron chi connectivity index (χ0n) is 15.7. The Morgan fingerprint density at radius 3 is 2.54 bits per heavy atom. The van der Waals surface area contributed by atoms with Crippen LogP contribution >= 0.6 is 0 Å². The summed E-state index contributed by atoms with van der Waals surface area (Å²) in [6, 6.07) is 0. The number of hydrogen-bond acceptors (Lipinski definition) is 3. The highest BCUT2D eigenvalue weighted by molar-refractivity contribution is 5.68. The molecule has 3 aliphatic rings. The third kappa shape index (κ3) is 2.29. The van der Waals surface area contributed by atoms with Crippen LogP contribution in [0.5, 0.6) is 0 Å². The molecule has 5 atom stereocenters. The summed E-state index contributed by atoms with van der Waals surface area (Å²) >= 11 is 0. The molecule has 0 unspecified atom stereocenters. The summed E-state index contributed by atoms with van der Waals surface area (Å²) < 4.78 is 6.67. The fraction of sp³-hybridized carbons (Fsp3) is 0.850. The monoisotopic (exact) mass is 336 g/mol. The number of allylic oxidation sites excluding steroid dienone is 1. The van der Waals surface area contributed by atoms with Crippen molar-refractivity contribution < 1.29 is 19.7 Å². The summed E-state index contributed by atoms with van der Waals surface area (Å²) in [6.45, 7) is 10.7. The zero-order chi connectivity index (χ0) is 18.0. The molecule has 0 aromatic heterocycles. The second kappa shape index (κ2) is 5.31. The average molecular weight is 336 g/mol. The second-order valence-corrected chi connectivity index (χ2v) is 9.42. The number of hydrogen-bond donors (Lipinski definition) is 2. The molecule has 0 aromatic rings. The van der Waals surface area contributed by atoms with Crippen LogP contribution in [0.15, 0.2) is 11.6 Å². The Balaban J connectivity index is 2.03. The number of carbonyl (C=O) groups is 1. The topological polar surface area (TPSA) is 66.8 Å². The Labute approximate surface area is 145 Å². The van der Waals surface area contributed by atoms with Crippen LogP contribution in [0.25, 0.3) is 0 Å². The predicted molar refractivity (Wildman–Crippen MR) is 92.7 cm³/mol. The number of carboxylic acids is 1. The van der Waals surface area contributed by atoms with Crippen LogP contribution in [0.2, 0.25) is 0 Å². The molecule has 3 rings (SSSR count). The average Bonchev–Trinajstić information content (AvgIpc) is 2.80. The van der Waals surface area contributed by atoms with Crippen molar-refractivity contribution in [2.75, 3.05) is 0 Å². The molecule has 2 fully saturated rings. The van der Waals surface area contributed by atoms with E-state index in [1.165, 1.54) is 5.57 Å². The van der Waals surface area contributed by atoms with Gasteiger partial charge in [0.1, 0.15) is 0 Å². The van der Waals surface area contributed by atoms with Crippen molar-refractivity contribution in [3.05, 3.63) is 11.6 Å². The van der Waals surface area contributed by atoms with Gasteiger partial charge in [-0.15, -0.1) is 0 Å². The maximum absolute atomic E-state index is 11.3. The van der Waals surface area contributed by atoms with Crippen LogP contribution < -0.4 is 0 Å². The molecule has 24 heavy (non-hydrogen) atoms. The van der Waals surface area contributed by atoms with Gasteiger partial charge in [-0.3, -0.25) is 4.79 Å². The quantitative estimate of drug-likeness (QED) is 0.750. The maximum Gasteiger partial charge on any atom is 0.306 e.